The molecule has 3 aromatic rings. The van der Waals surface area contributed by atoms with Crippen LogP contribution in [0, 0.1) is 5.92 Å². The van der Waals surface area contributed by atoms with E-state index < -0.39 is 17.7 Å². The topological polar surface area (TPSA) is 86.3 Å². The number of H-pyrrole nitrogens is 1. The minimum absolute atomic E-state index is 0.117. The number of para-hydroxylation sites is 1. The molecular weight excluding hydrogens is 366 g/mol. The molecule has 1 unspecified atom stereocenters. The van der Waals surface area contributed by atoms with E-state index >= 15 is 0 Å². The number of aliphatic hydroxyl groups is 1. The summed E-state index contributed by atoms with van der Waals surface area (Å²) < 4.78 is 0. The van der Waals surface area contributed by atoms with Crippen LogP contribution in [0.1, 0.15) is 37.6 Å². The van der Waals surface area contributed by atoms with Crippen LogP contribution in [0.25, 0.3) is 10.9 Å². The van der Waals surface area contributed by atoms with Crippen molar-refractivity contribution in [3.63, 3.8) is 0 Å². The van der Waals surface area contributed by atoms with Crippen molar-refractivity contribution in [2.45, 2.75) is 32.9 Å². The summed E-state index contributed by atoms with van der Waals surface area (Å²) >= 11 is 0. The van der Waals surface area contributed by atoms with Gasteiger partial charge in [0.1, 0.15) is 0 Å². The predicted molar refractivity (Wildman–Crippen MR) is 110 cm³/mol. The molecule has 2 aromatic heterocycles. The first kappa shape index (κ1) is 18.9. The normalized spacial score (nSPS) is 17.0. The first-order chi connectivity index (χ1) is 14.0. The van der Waals surface area contributed by atoms with Crippen LogP contribution in [0.4, 0.5) is 0 Å². The van der Waals surface area contributed by atoms with Gasteiger partial charge in [-0.2, -0.15) is 0 Å². The number of rotatable bonds is 6. The van der Waals surface area contributed by atoms with Crippen molar-refractivity contribution in [1.29, 1.82) is 0 Å². The molecule has 1 aliphatic heterocycles. The van der Waals surface area contributed by atoms with Crippen LogP contribution in [-0.4, -0.2) is 31.7 Å². The lowest BCUT2D eigenvalue weighted by Crippen LogP contribution is -2.31. The average Bonchev–Trinajstić information content (AvgIpc) is 3.22. The molecule has 2 N–H and O–H groups in total. The molecule has 0 fully saturated rings. The molecule has 1 aromatic carbocycles. The van der Waals surface area contributed by atoms with Crippen LogP contribution >= 0.6 is 0 Å². The van der Waals surface area contributed by atoms with E-state index in [0.717, 1.165) is 16.5 Å². The van der Waals surface area contributed by atoms with Gasteiger partial charge in [-0.1, -0.05) is 38.1 Å². The summed E-state index contributed by atoms with van der Waals surface area (Å²) in [5.41, 5.74) is 2.57. The molecule has 0 saturated heterocycles. The molecule has 1 atom stereocenters. The number of pyridine rings is 1. The van der Waals surface area contributed by atoms with E-state index in [1.54, 1.807) is 12.3 Å². The number of benzene rings is 1. The number of aliphatic hydroxyl groups excluding tert-OH is 1. The molecule has 0 spiro atoms. The number of aromatic amines is 1. The second-order valence-corrected chi connectivity index (χ2v) is 7.73. The number of ketones is 1. The smallest absolute Gasteiger partial charge is 0.290 e. The zero-order chi connectivity index (χ0) is 20.5. The molecular formula is C23H23N3O3. The SMILES string of the molecule is CC(C)CC(=O)C1=C(O)C(=O)N(Cc2ccccn2)C1c1c[nH]c2ccccc12. The minimum Gasteiger partial charge on any atom is -0.503 e. The Morgan fingerprint density at radius 2 is 1.97 bits per heavy atom. The summed E-state index contributed by atoms with van der Waals surface area (Å²) in [6, 6.07) is 12.5. The van der Waals surface area contributed by atoms with E-state index in [9.17, 15) is 14.7 Å². The van der Waals surface area contributed by atoms with Gasteiger partial charge in [-0.3, -0.25) is 14.6 Å². The molecule has 1 amide bonds. The molecule has 0 saturated carbocycles. The van der Waals surface area contributed by atoms with Gasteiger partial charge in [-0.25, -0.2) is 0 Å². The average molecular weight is 389 g/mol. The fourth-order valence-electron chi connectivity index (χ4n) is 3.89. The number of amides is 1. The lowest BCUT2D eigenvalue weighted by molar-refractivity contribution is -0.130. The highest BCUT2D eigenvalue weighted by molar-refractivity contribution is 6.09. The molecule has 0 aliphatic carbocycles. The fraction of sp³-hybridized carbons (Fsp3) is 0.261. The van der Waals surface area contributed by atoms with Crippen molar-refractivity contribution >= 4 is 22.6 Å². The Balaban J connectivity index is 1.83. The van der Waals surface area contributed by atoms with Crippen LogP contribution in [0.5, 0.6) is 0 Å². The second kappa shape index (κ2) is 7.54. The Kier molecular flexibility index (Phi) is 4.92. The highest BCUT2D eigenvalue weighted by Crippen LogP contribution is 2.41. The first-order valence-electron chi connectivity index (χ1n) is 9.70. The van der Waals surface area contributed by atoms with Crippen molar-refractivity contribution in [2.24, 2.45) is 5.92 Å². The Morgan fingerprint density at radius 3 is 2.69 bits per heavy atom. The highest BCUT2D eigenvalue weighted by atomic mass is 16.3. The molecule has 6 nitrogen and oxygen atoms in total. The van der Waals surface area contributed by atoms with Gasteiger partial charge in [0.2, 0.25) is 0 Å². The number of hydrogen-bond donors (Lipinski definition) is 2. The lowest BCUT2D eigenvalue weighted by atomic mass is 9.92. The lowest BCUT2D eigenvalue weighted by Gasteiger charge is -2.26. The van der Waals surface area contributed by atoms with Crippen LogP contribution in [-0.2, 0) is 16.1 Å². The van der Waals surface area contributed by atoms with E-state index in [1.807, 2.05) is 56.4 Å². The number of Topliss-reactive ketones (excluding diaryl/α,β-unsaturated/α-hetero) is 1. The van der Waals surface area contributed by atoms with E-state index in [-0.39, 0.29) is 30.2 Å². The third-order valence-corrected chi connectivity index (χ3v) is 5.17. The summed E-state index contributed by atoms with van der Waals surface area (Å²) in [5.74, 6) is -1.09. The monoisotopic (exact) mass is 389 g/mol. The molecule has 3 heterocycles. The van der Waals surface area contributed by atoms with Gasteiger partial charge >= 0.3 is 0 Å². The standard InChI is InChI=1S/C23H23N3O3/c1-14(2)11-19(27)20-21(17-12-25-18-9-4-3-8-16(17)18)26(23(29)22(20)28)13-15-7-5-6-10-24-15/h3-10,12,14,21,25,28H,11,13H2,1-2H3. The summed E-state index contributed by atoms with van der Waals surface area (Å²) in [5, 5.41) is 11.6. The van der Waals surface area contributed by atoms with Crippen molar-refractivity contribution < 1.29 is 14.7 Å². The van der Waals surface area contributed by atoms with E-state index in [1.165, 1.54) is 4.90 Å². The number of nitrogens with zero attached hydrogens (tertiary/aromatic N) is 2. The Bertz CT molecular complexity index is 1100. The van der Waals surface area contributed by atoms with Crippen molar-refractivity contribution in [1.82, 2.24) is 14.9 Å². The number of aromatic nitrogens is 2. The third kappa shape index (κ3) is 3.42. The molecule has 29 heavy (non-hydrogen) atoms. The zero-order valence-corrected chi connectivity index (χ0v) is 16.4. The van der Waals surface area contributed by atoms with Crippen molar-refractivity contribution in [3.05, 3.63) is 77.4 Å². The summed E-state index contributed by atoms with van der Waals surface area (Å²) in [4.78, 5) is 35.1. The quantitative estimate of drug-likeness (QED) is 0.665. The molecule has 0 radical (unpaired) electrons. The maximum Gasteiger partial charge on any atom is 0.290 e. The van der Waals surface area contributed by atoms with Gasteiger partial charge in [0.15, 0.2) is 11.5 Å². The van der Waals surface area contributed by atoms with Crippen LogP contribution in [0.15, 0.2) is 66.2 Å². The van der Waals surface area contributed by atoms with Crippen molar-refractivity contribution in [2.75, 3.05) is 0 Å². The van der Waals surface area contributed by atoms with Crippen molar-refractivity contribution in [3.8, 4) is 0 Å². The largest absolute Gasteiger partial charge is 0.503 e. The number of carbonyl (C=O) groups is 2. The molecule has 0 bridgehead atoms. The molecule has 148 valence electrons. The maximum absolute atomic E-state index is 13.0. The van der Waals surface area contributed by atoms with Crippen LogP contribution in [0.3, 0.4) is 0 Å². The Hall–Kier alpha value is -3.41. The van der Waals surface area contributed by atoms with Gasteiger partial charge in [0.25, 0.3) is 5.91 Å². The molecule has 1 aliphatic rings. The van der Waals surface area contributed by atoms with Crippen LogP contribution < -0.4 is 0 Å². The number of hydrogen-bond acceptors (Lipinski definition) is 4. The molecule has 6 heteroatoms. The summed E-state index contributed by atoms with van der Waals surface area (Å²) in [7, 11) is 0. The van der Waals surface area contributed by atoms with Gasteiger partial charge in [-0.05, 0) is 24.1 Å². The van der Waals surface area contributed by atoms with Crippen LogP contribution in [0.2, 0.25) is 0 Å². The van der Waals surface area contributed by atoms with Gasteiger partial charge in [0.05, 0.1) is 23.9 Å². The van der Waals surface area contributed by atoms with E-state index in [2.05, 4.69) is 9.97 Å². The second-order valence-electron chi connectivity index (χ2n) is 7.73. The van der Waals surface area contributed by atoms with Gasteiger partial charge < -0.3 is 15.0 Å². The number of fused-ring (bicyclic) bond motifs is 1. The zero-order valence-electron chi connectivity index (χ0n) is 16.4. The minimum atomic E-state index is -0.660. The third-order valence-electron chi connectivity index (χ3n) is 5.17. The molecule has 4 rings (SSSR count). The van der Waals surface area contributed by atoms with Gasteiger partial charge in [0, 0.05) is 35.3 Å². The summed E-state index contributed by atoms with van der Waals surface area (Å²) in [6.45, 7) is 4.09. The highest BCUT2D eigenvalue weighted by Gasteiger charge is 2.44. The predicted octanol–water partition coefficient (Wildman–Crippen LogP) is 4.07. The fourth-order valence-corrected chi connectivity index (χ4v) is 3.89. The number of nitrogens with one attached hydrogen (secondary N) is 1. The number of carbonyl (C=O) groups excluding carboxylic acids is 2. The Labute approximate surface area is 168 Å². The summed E-state index contributed by atoms with van der Waals surface area (Å²) in [6.07, 6.45) is 3.74. The van der Waals surface area contributed by atoms with Gasteiger partial charge in [-0.15, -0.1) is 0 Å². The first-order valence-corrected chi connectivity index (χ1v) is 9.70. The maximum atomic E-state index is 13.0. The van der Waals surface area contributed by atoms with E-state index in [4.69, 9.17) is 0 Å². The van der Waals surface area contributed by atoms with E-state index in [0.29, 0.717) is 5.69 Å². The Morgan fingerprint density at radius 1 is 1.21 bits per heavy atom.